The summed E-state index contributed by atoms with van der Waals surface area (Å²) in [6.07, 6.45) is 2.08. The van der Waals surface area contributed by atoms with E-state index in [-0.39, 0.29) is 12.1 Å². The Kier molecular flexibility index (Phi) is 5.46. The SMILES string of the molecule is CCc1cccc(C(NN)C(CC)OC)c1. The molecule has 0 saturated heterocycles. The number of nitrogens with two attached hydrogens (primary N) is 1. The Bertz CT molecular complexity index is 311. The van der Waals surface area contributed by atoms with Crippen LogP contribution in [0.25, 0.3) is 0 Å². The number of ether oxygens (including phenoxy) is 1. The highest BCUT2D eigenvalue weighted by Crippen LogP contribution is 2.21. The van der Waals surface area contributed by atoms with Crippen molar-refractivity contribution in [2.24, 2.45) is 5.84 Å². The van der Waals surface area contributed by atoms with E-state index < -0.39 is 0 Å². The molecular formula is C13H22N2O. The first kappa shape index (κ1) is 13.2. The van der Waals surface area contributed by atoms with Crippen molar-refractivity contribution in [1.82, 2.24) is 5.43 Å². The molecule has 0 bridgehead atoms. The van der Waals surface area contributed by atoms with E-state index in [1.54, 1.807) is 7.11 Å². The van der Waals surface area contributed by atoms with Gasteiger partial charge < -0.3 is 4.74 Å². The summed E-state index contributed by atoms with van der Waals surface area (Å²) < 4.78 is 5.44. The largest absolute Gasteiger partial charge is 0.379 e. The van der Waals surface area contributed by atoms with E-state index in [1.165, 1.54) is 11.1 Å². The number of hydrogen-bond acceptors (Lipinski definition) is 3. The number of methoxy groups -OCH3 is 1. The van der Waals surface area contributed by atoms with Crippen molar-refractivity contribution >= 4 is 0 Å². The fourth-order valence-electron chi connectivity index (χ4n) is 1.96. The van der Waals surface area contributed by atoms with Gasteiger partial charge in [0.25, 0.3) is 0 Å². The second-order valence-electron chi connectivity index (χ2n) is 3.93. The van der Waals surface area contributed by atoms with Gasteiger partial charge in [-0.2, -0.15) is 0 Å². The van der Waals surface area contributed by atoms with Crippen molar-refractivity contribution < 1.29 is 4.74 Å². The Hall–Kier alpha value is -0.900. The molecule has 0 spiro atoms. The molecule has 2 unspecified atom stereocenters. The third kappa shape index (κ3) is 3.04. The highest BCUT2D eigenvalue weighted by molar-refractivity contribution is 5.26. The van der Waals surface area contributed by atoms with Gasteiger partial charge in [-0.1, -0.05) is 38.1 Å². The van der Waals surface area contributed by atoms with Crippen LogP contribution in [0.4, 0.5) is 0 Å². The van der Waals surface area contributed by atoms with Crippen molar-refractivity contribution in [3.05, 3.63) is 35.4 Å². The number of hydrazine groups is 1. The molecule has 0 saturated carbocycles. The average Bonchev–Trinajstić information content (AvgIpc) is 2.35. The van der Waals surface area contributed by atoms with Crippen molar-refractivity contribution in [2.75, 3.05) is 7.11 Å². The molecule has 1 rings (SSSR count). The maximum Gasteiger partial charge on any atom is 0.0776 e. The summed E-state index contributed by atoms with van der Waals surface area (Å²) >= 11 is 0. The Balaban J connectivity index is 2.93. The molecule has 0 aliphatic heterocycles. The van der Waals surface area contributed by atoms with E-state index in [2.05, 4.69) is 43.5 Å². The van der Waals surface area contributed by atoms with Gasteiger partial charge in [-0.05, 0) is 24.0 Å². The topological polar surface area (TPSA) is 47.3 Å². The van der Waals surface area contributed by atoms with E-state index in [4.69, 9.17) is 10.6 Å². The predicted octanol–water partition coefficient (Wildman–Crippen LogP) is 2.18. The molecular weight excluding hydrogens is 200 g/mol. The molecule has 0 aromatic heterocycles. The summed E-state index contributed by atoms with van der Waals surface area (Å²) in [4.78, 5) is 0. The Morgan fingerprint density at radius 2 is 2.12 bits per heavy atom. The van der Waals surface area contributed by atoms with E-state index in [9.17, 15) is 0 Å². The number of hydrogen-bond donors (Lipinski definition) is 2. The van der Waals surface area contributed by atoms with Gasteiger partial charge in [-0.3, -0.25) is 11.3 Å². The highest BCUT2D eigenvalue weighted by atomic mass is 16.5. The Morgan fingerprint density at radius 1 is 1.38 bits per heavy atom. The van der Waals surface area contributed by atoms with Gasteiger partial charge in [0.05, 0.1) is 12.1 Å². The third-order valence-electron chi connectivity index (χ3n) is 2.97. The summed E-state index contributed by atoms with van der Waals surface area (Å²) in [5.41, 5.74) is 5.36. The van der Waals surface area contributed by atoms with Crippen molar-refractivity contribution in [2.45, 2.75) is 38.8 Å². The molecule has 90 valence electrons. The van der Waals surface area contributed by atoms with Gasteiger partial charge in [0.2, 0.25) is 0 Å². The average molecular weight is 222 g/mol. The van der Waals surface area contributed by atoms with Crippen LogP contribution in [0, 0.1) is 0 Å². The van der Waals surface area contributed by atoms with E-state index in [0.29, 0.717) is 0 Å². The Morgan fingerprint density at radius 3 is 2.62 bits per heavy atom. The van der Waals surface area contributed by atoms with Gasteiger partial charge in [0, 0.05) is 7.11 Å². The minimum Gasteiger partial charge on any atom is -0.379 e. The minimum atomic E-state index is 0.0569. The molecule has 0 aliphatic rings. The number of benzene rings is 1. The molecule has 0 radical (unpaired) electrons. The summed E-state index contributed by atoms with van der Waals surface area (Å²) in [6, 6.07) is 8.53. The third-order valence-corrected chi connectivity index (χ3v) is 2.97. The lowest BCUT2D eigenvalue weighted by atomic mass is 9.98. The maximum absolute atomic E-state index is 5.62. The van der Waals surface area contributed by atoms with Gasteiger partial charge in [0.1, 0.15) is 0 Å². The van der Waals surface area contributed by atoms with Crippen LogP contribution in [0.15, 0.2) is 24.3 Å². The molecule has 16 heavy (non-hydrogen) atoms. The monoisotopic (exact) mass is 222 g/mol. The van der Waals surface area contributed by atoms with E-state index >= 15 is 0 Å². The molecule has 3 heteroatoms. The van der Waals surface area contributed by atoms with Crippen molar-refractivity contribution in [3.63, 3.8) is 0 Å². The minimum absolute atomic E-state index is 0.0569. The lowest BCUT2D eigenvalue weighted by Gasteiger charge is -2.25. The fourth-order valence-corrected chi connectivity index (χ4v) is 1.96. The van der Waals surface area contributed by atoms with Gasteiger partial charge in [0.15, 0.2) is 0 Å². The zero-order valence-electron chi connectivity index (χ0n) is 10.4. The van der Waals surface area contributed by atoms with E-state index in [0.717, 1.165) is 12.8 Å². The molecule has 1 aromatic carbocycles. The molecule has 3 nitrogen and oxygen atoms in total. The molecule has 0 amide bonds. The lowest BCUT2D eigenvalue weighted by Crippen LogP contribution is -2.37. The zero-order chi connectivity index (χ0) is 12.0. The molecule has 0 aliphatic carbocycles. The Labute approximate surface area is 98.0 Å². The second-order valence-corrected chi connectivity index (χ2v) is 3.93. The summed E-state index contributed by atoms with van der Waals surface area (Å²) in [7, 11) is 1.72. The summed E-state index contributed by atoms with van der Waals surface area (Å²) in [5.74, 6) is 5.62. The predicted molar refractivity (Wildman–Crippen MR) is 67.0 cm³/mol. The molecule has 1 aromatic rings. The van der Waals surface area contributed by atoms with Crippen LogP contribution in [-0.4, -0.2) is 13.2 Å². The van der Waals surface area contributed by atoms with Gasteiger partial charge >= 0.3 is 0 Å². The van der Waals surface area contributed by atoms with Crippen LogP contribution in [0.3, 0.4) is 0 Å². The number of aryl methyl sites for hydroxylation is 1. The van der Waals surface area contributed by atoms with Crippen molar-refractivity contribution in [3.8, 4) is 0 Å². The fraction of sp³-hybridized carbons (Fsp3) is 0.538. The van der Waals surface area contributed by atoms with Crippen LogP contribution < -0.4 is 11.3 Å². The first-order valence-electron chi connectivity index (χ1n) is 5.84. The molecule has 0 heterocycles. The van der Waals surface area contributed by atoms with Crippen LogP contribution in [0.5, 0.6) is 0 Å². The maximum atomic E-state index is 5.62. The molecule has 0 fully saturated rings. The first-order valence-corrected chi connectivity index (χ1v) is 5.84. The normalized spacial score (nSPS) is 14.8. The van der Waals surface area contributed by atoms with Crippen LogP contribution in [-0.2, 0) is 11.2 Å². The van der Waals surface area contributed by atoms with Crippen molar-refractivity contribution in [1.29, 1.82) is 0 Å². The molecule has 2 atom stereocenters. The lowest BCUT2D eigenvalue weighted by molar-refractivity contribution is 0.0651. The highest BCUT2D eigenvalue weighted by Gasteiger charge is 2.20. The smallest absolute Gasteiger partial charge is 0.0776 e. The summed E-state index contributed by atoms with van der Waals surface area (Å²) in [5, 5.41) is 0. The van der Waals surface area contributed by atoms with Crippen LogP contribution >= 0.6 is 0 Å². The number of rotatable bonds is 6. The van der Waals surface area contributed by atoms with Crippen LogP contribution in [0.1, 0.15) is 37.4 Å². The van der Waals surface area contributed by atoms with Gasteiger partial charge in [-0.25, -0.2) is 0 Å². The quantitative estimate of drug-likeness (QED) is 0.573. The molecule has 3 N–H and O–H groups in total. The van der Waals surface area contributed by atoms with E-state index in [1.807, 2.05) is 0 Å². The van der Waals surface area contributed by atoms with Crippen LogP contribution in [0.2, 0.25) is 0 Å². The van der Waals surface area contributed by atoms with Gasteiger partial charge in [-0.15, -0.1) is 0 Å². The standard InChI is InChI=1S/C13H22N2O/c1-4-10-7-6-8-11(9-10)13(15-14)12(5-2)16-3/h6-9,12-13,15H,4-5,14H2,1-3H3. The zero-order valence-corrected chi connectivity index (χ0v) is 10.4. The second kappa shape index (κ2) is 6.63. The number of nitrogens with one attached hydrogen (secondary N) is 1. The first-order chi connectivity index (χ1) is 7.76. The summed E-state index contributed by atoms with van der Waals surface area (Å²) in [6.45, 7) is 4.25.